The van der Waals surface area contributed by atoms with Gasteiger partial charge in [0.1, 0.15) is 5.54 Å². The molecular formula is C17H32N2O2. The van der Waals surface area contributed by atoms with Crippen molar-refractivity contribution in [3.05, 3.63) is 0 Å². The number of hydrogen-bond acceptors (Lipinski definition) is 4. The van der Waals surface area contributed by atoms with Crippen molar-refractivity contribution < 1.29 is 9.53 Å². The fourth-order valence-electron chi connectivity index (χ4n) is 3.83. The number of carbonyl (C=O) groups is 1. The van der Waals surface area contributed by atoms with Gasteiger partial charge in [0.15, 0.2) is 0 Å². The van der Waals surface area contributed by atoms with E-state index in [1.807, 2.05) is 0 Å². The van der Waals surface area contributed by atoms with Crippen LogP contribution in [0, 0.1) is 5.92 Å². The minimum atomic E-state index is -0.483. The zero-order valence-corrected chi connectivity index (χ0v) is 14.0. The topological polar surface area (TPSA) is 41.6 Å². The van der Waals surface area contributed by atoms with Gasteiger partial charge in [-0.2, -0.15) is 0 Å². The molecule has 0 saturated heterocycles. The van der Waals surface area contributed by atoms with Crippen molar-refractivity contribution in [3.8, 4) is 0 Å². The number of esters is 1. The van der Waals surface area contributed by atoms with Crippen LogP contribution in [0.5, 0.6) is 0 Å². The lowest BCUT2D eigenvalue weighted by Crippen LogP contribution is -2.62. The second-order valence-electron chi connectivity index (χ2n) is 6.67. The molecule has 2 rings (SSSR count). The van der Waals surface area contributed by atoms with E-state index in [0.29, 0.717) is 12.0 Å². The van der Waals surface area contributed by atoms with E-state index in [1.54, 1.807) is 0 Å². The predicted octanol–water partition coefficient (Wildman–Crippen LogP) is 2.57. The highest BCUT2D eigenvalue weighted by Gasteiger charge is 2.52. The van der Waals surface area contributed by atoms with Crippen LogP contribution in [0.2, 0.25) is 0 Å². The highest BCUT2D eigenvalue weighted by molar-refractivity contribution is 5.82. The molecule has 0 aliphatic heterocycles. The van der Waals surface area contributed by atoms with Crippen molar-refractivity contribution in [2.45, 2.75) is 70.4 Å². The molecule has 122 valence electrons. The van der Waals surface area contributed by atoms with Gasteiger partial charge in [-0.25, -0.2) is 4.79 Å². The van der Waals surface area contributed by atoms with E-state index >= 15 is 0 Å². The van der Waals surface area contributed by atoms with Gasteiger partial charge in [0, 0.05) is 12.6 Å². The van der Waals surface area contributed by atoms with Crippen LogP contribution in [0.15, 0.2) is 0 Å². The van der Waals surface area contributed by atoms with Gasteiger partial charge < -0.3 is 10.1 Å². The first-order valence-electron chi connectivity index (χ1n) is 8.75. The SMILES string of the molecule is CCCNC(CN(CC)C1CCCC1)(C(=O)OC)C1CC1. The number of likely N-dealkylation sites (N-methyl/N-ethyl adjacent to an activating group) is 1. The molecule has 0 heterocycles. The highest BCUT2D eigenvalue weighted by Crippen LogP contribution is 2.41. The molecule has 0 bridgehead atoms. The average molecular weight is 296 g/mol. The summed E-state index contributed by atoms with van der Waals surface area (Å²) in [5, 5.41) is 3.57. The maximum atomic E-state index is 12.6. The minimum absolute atomic E-state index is 0.0603. The molecule has 0 spiro atoms. The molecule has 1 N–H and O–H groups in total. The van der Waals surface area contributed by atoms with Crippen molar-refractivity contribution in [1.29, 1.82) is 0 Å². The summed E-state index contributed by atoms with van der Waals surface area (Å²) in [6.07, 6.45) is 8.56. The van der Waals surface area contributed by atoms with Gasteiger partial charge >= 0.3 is 5.97 Å². The Balaban J connectivity index is 2.14. The van der Waals surface area contributed by atoms with Crippen LogP contribution in [0.4, 0.5) is 0 Å². The molecule has 1 atom stereocenters. The summed E-state index contributed by atoms with van der Waals surface area (Å²) in [5.74, 6) is 0.391. The predicted molar refractivity (Wildman–Crippen MR) is 85.3 cm³/mol. The zero-order chi connectivity index (χ0) is 15.3. The molecular weight excluding hydrogens is 264 g/mol. The summed E-state index contributed by atoms with van der Waals surface area (Å²) in [4.78, 5) is 15.1. The van der Waals surface area contributed by atoms with Crippen molar-refractivity contribution >= 4 is 5.97 Å². The molecule has 21 heavy (non-hydrogen) atoms. The molecule has 2 aliphatic carbocycles. The van der Waals surface area contributed by atoms with Crippen LogP contribution in [0.3, 0.4) is 0 Å². The summed E-state index contributed by atoms with van der Waals surface area (Å²) in [7, 11) is 1.53. The van der Waals surface area contributed by atoms with E-state index in [9.17, 15) is 4.79 Å². The van der Waals surface area contributed by atoms with E-state index in [1.165, 1.54) is 32.8 Å². The number of rotatable bonds is 9. The third-order valence-electron chi connectivity index (χ3n) is 5.21. The molecule has 0 amide bonds. The Morgan fingerprint density at radius 3 is 2.38 bits per heavy atom. The second kappa shape index (κ2) is 7.59. The number of hydrogen-bond donors (Lipinski definition) is 1. The Hall–Kier alpha value is -0.610. The van der Waals surface area contributed by atoms with Gasteiger partial charge in [0.05, 0.1) is 7.11 Å². The molecule has 4 nitrogen and oxygen atoms in total. The lowest BCUT2D eigenvalue weighted by Gasteiger charge is -2.39. The lowest BCUT2D eigenvalue weighted by molar-refractivity contribution is -0.151. The molecule has 2 fully saturated rings. The van der Waals surface area contributed by atoms with Crippen molar-refractivity contribution in [1.82, 2.24) is 10.2 Å². The van der Waals surface area contributed by atoms with Crippen LogP contribution in [0.25, 0.3) is 0 Å². The summed E-state index contributed by atoms with van der Waals surface area (Å²) < 4.78 is 5.19. The quantitative estimate of drug-likeness (QED) is 0.664. The fourth-order valence-corrected chi connectivity index (χ4v) is 3.83. The average Bonchev–Trinajstić information content (AvgIpc) is 3.23. The van der Waals surface area contributed by atoms with Crippen LogP contribution in [0.1, 0.15) is 58.8 Å². The van der Waals surface area contributed by atoms with E-state index in [2.05, 4.69) is 24.1 Å². The van der Waals surface area contributed by atoms with Crippen molar-refractivity contribution in [2.24, 2.45) is 5.92 Å². The Morgan fingerprint density at radius 2 is 1.90 bits per heavy atom. The molecule has 2 aliphatic rings. The van der Waals surface area contributed by atoms with Crippen LogP contribution in [-0.2, 0) is 9.53 Å². The smallest absolute Gasteiger partial charge is 0.327 e. The Bertz CT molecular complexity index is 338. The van der Waals surface area contributed by atoms with Gasteiger partial charge in [0.2, 0.25) is 0 Å². The first kappa shape index (κ1) is 16.8. The summed E-state index contributed by atoms with van der Waals surface area (Å²) >= 11 is 0. The first-order chi connectivity index (χ1) is 10.2. The van der Waals surface area contributed by atoms with Gasteiger partial charge in [-0.3, -0.25) is 4.90 Å². The Kier molecular flexibility index (Phi) is 6.06. The number of carbonyl (C=O) groups excluding carboxylic acids is 1. The van der Waals surface area contributed by atoms with Crippen LogP contribution in [-0.4, -0.2) is 49.2 Å². The Labute approximate surface area is 129 Å². The maximum absolute atomic E-state index is 12.6. The third-order valence-corrected chi connectivity index (χ3v) is 5.21. The molecule has 4 heteroatoms. The van der Waals surface area contributed by atoms with Gasteiger partial charge in [-0.05, 0) is 51.1 Å². The van der Waals surface area contributed by atoms with Crippen molar-refractivity contribution in [3.63, 3.8) is 0 Å². The standard InChI is InChI=1S/C17H32N2O2/c1-4-12-18-17(14-10-11-14,16(20)21-3)13-19(5-2)15-8-6-7-9-15/h14-15,18H,4-13H2,1-3H3. The number of ether oxygens (including phenoxy) is 1. The van der Waals surface area contributed by atoms with Gasteiger partial charge in [-0.1, -0.05) is 26.7 Å². The lowest BCUT2D eigenvalue weighted by atomic mass is 9.91. The molecule has 2 saturated carbocycles. The van der Waals surface area contributed by atoms with Crippen LogP contribution < -0.4 is 5.32 Å². The molecule has 0 aromatic rings. The van der Waals surface area contributed by atoms with E-state index < -0.39 is 5.54 Å². The second-order valence-corrected chi connectivity index (χ2v) is 6.67. The third kappa shape index (κ3) is 3.78. The minimum Gasteiger partial charge on any atom is -0.468 e. The molecule has 0 aromatic heterocycles. The zero-order valence-electron chi connectivity index (χ0n) is 14.0. The largest absolute Gasteiger partial charge is 0.468 e. The summed E-state index contributed by atoms with van der Waals surface area (Å²) in [5.41, 5.74) is -0.483. The van der Waals surface area contributed by atoms with E-state index in [4.69, 9.17) is 4.74 Å². The number of nitrogens with one attached hydrogen (secondary N) is 1. The summed E-state index contributed by atoms with van der Waals surface area (Å²) in [6, 6.07) is 0.654. The molecule has 0 aromatic carbocycles. The normalized spacial score (nSPS) is 22.5. The highest BCUT2D eigenvalue weighted by atomic mass is 16.5. The van der Waals surface area contributed by atoms with Crippen molar-refractivity contribution in [2.75, 3.05) is 26.7 Å². The fraction of sp³-hybridized carbons (Fsp3) is 0.941. The van der Waals surface area contributed by atoms with E-state index in [-0.39, 0.29) is 5.97 Å². The maximum Gasteiger partial charge on any atom is 0.327 e. The Morgan fingerprint density at radius 1 is 1.24 bits per heavy atom. The number of nitrogens with zero attached hydrogens (tertiary/aromatic N) is 1. The number of methoxy groups -OCH3 is 1. The van der Waals surface area contributed by atoms with Crippen LogP contribution >= 0.6 is 0 Å². The van der Waals surface area contributed by atoms with Gasteiger partial charge in [0.25, 0.3) is 0 Å². The first-order valence-corrected chi connectivity index (χ1v) is 8.75. The molecule has 1 unspecified atom stereocenters. The van der Waals surface area contributed by atoms with Gasteiger partial charge in [-0.15, -0.1) is 0 Å². The van der Waals surface area contributed by atoms with E-state index in [0.717, 1.165) is 38.9 Å². The molecule has 0 radical (unpaired) electrons. The monoisotopic (exact) mass is 296 g/mol. The summed E-state index contributed by atoms with van der Waals surface area (Å²) in [6.45, 7) is 7.08.